The van der Waals surface area contributed by atoms with E-state index in [1.165, 1.54) is 6.42 Å². The number of rotatable bonds is 8. The van der Waals surface area contributed by atoms with Gasteiger partial charge in [0.2, 0.25) is 0 Å². The summed E-state index contributed by atoms with van der Waals surface area (Å²) in [5, 5.41) is 0. The van der Waals surface area contributed by atoms with Gasteiger partial charge in [0, 0.05) is 32.3 Å². The van der Waals surface area contributed by atoms with Gasteiger partial charge in [0.25, 0.3) is 0 Å². The molecule has 0 spiro atoms. The molecule has 0 amide bonds. The summed E-state index contributed by atoms with van der Waals surface area (Å²) < 4.78 is 5.14. The van der Waals surface area contributed by atoms with E-state index in [4.69, 9.17) is 10.5 Å². The molecule has 0 aliphatic carbocycles. The maximum Gasteiger partial charge on any atom is 0.0480 e. The standard InChI is InChI=1S/C12H28N2O/c1-6-11(2)9-14(4)12(3,10-13)7-8-15-5/h11H,6-10,13H2,1-5H3. The molecule has 0 heterocycles. The van der Waals surface area contributed by atoms with Crippen molar-refractivity contribution in [1.82, 2.24) is 4.90 Å². The van der Waals surface area contributed by atoms with Gasteiger partial charge in [-0.3, -0.25) is 4.90 Å². The number of hydrogen-bond acceptors (Lipinski definition) is 3. The van der Waals surface area contributed by atoms with Gasteiger partial charge >= 0.3 is 0 Å². The highest BCUT2D eigenvalue weighted by molar-refractivity contribution is 4.86. The van der Waals surface area contributed by atoms with Crippen LogP contribution in [0.5, 0.6) is 0 Å². The Balaban J connectivity index is 4.23. The number of nitrogens with zero attached hydrogens (tertiary/aromatic N) is 1. The van der Waals surface area contributed by atoms with E-state index in [1.54, 1.807) is 7.11 Å². The summed E-state index contributed by atoms with van der Waals surface area (Å²) in [5.74, 6) is 0.725. The maximum atomic E-state index is 5.87. The lowest BCUT2D eigenvalue weighted by atomic mass is 9.94. The lowest BCUT2D eigenvalue weighted by Gasteiger charge is -2.39. The number of hydrogen-bond donors (Lipinski definition) is 1. The van der Waals surface area contributed by atoms with E-state index in [-0.39, 0.29) is 5.54 Å². The minimum atomic E-state index is 0.0689. The molecule has 0 aromatic carbocycles. The van der Waals surface area contributed by atoms with Gasteiger partial charge in [-0.25, -0.2) is 0 Å². The Labute approximate surface area is 95.0 Å². The molecule has 92 valence electrons. The van der Waals surface area contributed by atoms with E-state index in [0.29, 0.717) is 6.54 Å². The molecule has 0 aliphatic heterocycles. The first-order valence-electron chi connectivity index (χ1n) is 5.90. The van der Waals surface area contributed by atoms with E-state index >= 15 is 0 Å². The van der Waals surface area contributed by atoms with Gasteiger partial charge in [0.1, 0.15) is 0 Å². The Morgan fingerprint density at radius 1 is 1.47 bits per heavy atom. The molecule has 0 rings (SSSR count). The summed E-state index contributed by atoms with van der Waals surface area (Å²) >= 11 is 0. The Hall–Kier alpha value is -0.120. The summed E-state index contributed by atoms with van der Waals surface area (Å²) in [6, 6.07) is 0. The summed E-state index contributed by atoms with van der Waals surface area (Å²) in [6.45, 7) is 9.29. The minimum Gasteiger partial charge on any atom is -0.385 e. The molecule has 0 radical (unpaired) electrons. The van der Waals surface area contributed by atoms with Crippen LogP contribution in [0.2, 0.25) is 0 Å². The molecule has 2 unspecified atom stereocenters. The van der Waals surface area contributed by atoms with Crippen LogP contribution in [-0.4, -0.2) is 44.3 Å². The minimum absolute atomic E-state index is 0.0689. The van der Waals surface area contributed by atoms with E-state index < -0.39 is 0 Å². The van der Waals surface area contributed by atoms with Crippen molar-refractivity contribution in [3.63, 3.8) is 0 Å². The molecule has 15 heavy (non-hydrogen) atoms. The maximum absolute atomic E-state index is 5.87. The second-order valence-electron chi connectivity index (χ2n) is 4.84. The number of ether oxygens (including phenoxy) is 1. The summed E-state index contributed by atoms with van der Waals surface area (Å²) in [4.78, 5) is 2.38. The van der Waals surface area contributed by atoms with Crippen LogP contribution in [0, 0.1) is 5.92 Å². The topological polar surface area (TPSA) is 38.5 Å². The van der Waals surface area contributed by atoms with Crippen molar-refractivity contribution in [2.24, 2.45) is 11.7 Å². The van der Waals surface area contributed by atoms with Crippen molar-refractivity contribution in [2.75, 3.05) is 33.9 Å². The quantitative estimate of drug-likeness (QED) is 0.671. The zero-order chi connectivity index (χ0) is 11.9. The third kappa shape index (κ3) is 4.96. The van der Waals surface area contributed by atoms with Gasteiger partial charge in [0.15, 0.2) is 0 Å². The van der Waals surface area contributed by atoms with Crippen LogP contribution in [0.15, 0.2) is 0 Å². The Morgan fingerprint density at radius 3 is 2.47 bits per heavy atom. The van der Waals surface area contributed by atoms with Crippen molar-refractivity contribution >= 4 is 0 Å². The number of methoxy groups -OCH3 is 1. The predicted octanol–water partition coefficient (Wildman–Crippen LogP) is 1.72. The fraction of sp³-hybridized carbons (Fsp3) is 1.00. The average Bonchev–Trinajstić information content (AvgIpc) is 2.25. The van der Waals surface area contributed by atoms with Crippen molar-refractivity contribution in [2.45, 2.75) is 39.2 Å². The molecule has 0 aromatic heterocycles. The first-order valence-corrected chi connectivity index (χ1v) is 5.90. The van der Waals surface area contributed by atoms with Crippen LogP contribution >= 0.6 is 0 Å². The second kappa shape index (κ2) is 7.20. The SMILES string of the molecule is CCC(C)CN(C)C(C)(CN)CCOC. The van der Waals surface area contributed by atoms with Gasteiger partial charge in [-0.2, -0.15) is 0 Å². The lowest BCUT2D eigenvalue weighted by Crippen LogP contribution is -2.51. The Kier molecular flexibility index (Phi) is 7.14. The van der Waals surface area contributed by atoms with Crippen molar-refractivity contribution in [1.29, 1.82) is 0 Å². The van der Waals surface area contributed by atoms with Crippen LogP contribution in [0.25, 0.3) is 0 Å². The van der Waals surface area contributed by atoms with Crippen LogP contribution in [0.4, 0.5) is 0 Å². The third-order valence-electron chi connectivity index (χ3n) is 3.49. The molecular weight excluding hydrogens is 188 g/mol. The molecule has 0 saturated carbocycles. The molecule has 0 saturated heterocycles. The second-order valence-corrected chi connectivity index (χ2v) is 4.84. The highest BCUT2D eigenvalue weighted by Gasteiger charge is 2.27. The van der Waals surface area contributed by atoms with Crippen LogP contribution < -0.4 is 5.73 Å². The summed E-state index contributed by atoms with van der Waals surface area (Å²) in [6.07, 6.45) is 2.21. The highest BCUT2D eigenvalue weighted by atomic mass is 16.5. The fourth-order valence-corrected chi connectivity index (χ4v) is 1.59. The molecule has 0 aromatic rings. The largest absolute Gasteiger partial charge is 0.385 e. The van der Waals surface area contributed by atoms with Gasteiger partial charge in [-0.05, 0) is 26.3 Å². The summed E-state index contributed by atoms with van der Waals surface area (Å²) in [7, 11) is 3.90. The molecule has 0 aliphatic rings. The lowest BCUT2D eigenvalue weighted by molar-refractivity contribution is 0.0784. The van der Waals surface area contributed by atoms with Gasteiger partial charge in [-0.1, -0.05) is 20.3 Å². The van der Waals surface area contributed by atoms with Crippen LogP contribution in [-0.2, 0) is 4.74 Å². The van der Waals surface area contributed by atoms with Gasteiger partial charge in [0.05, 0.1) is 0 Å². The summed E-state index contributed by atoms with van der Waals surface area (Å²) in [5.41, 5.74) is 5.94. The normalized spacial score (nSPS) is 17.8. The van der Waals surface area contributed by atoms with Crippen molar-refractivity contribution < 1.29 is 4.74 Å². The molecule has 0 bridgehead atoms. The number of likely N-dealkylation sites (N-methyl/N-ethyl adjacent to an activating group) is 1. The zero-order valence-electron chi connectivity index (χ0n) is 11.0. The molecule has 3 heteroatoms. The third-order valence-corrected chi connectivity index (χ3v) is 3.49. The zero-order valence-corrected chi connectivity index (χ0v) is 11.0. The van der Waals surface area contributed by atoms with Crippen molar-refractivity contribution in [3.8, 4) is 0 Å². The van der Waals surface area contributed by atoms with E-state index in [9.17, 15) is 0 Å². The van der Waals surface area contributed by atoms with E-state index in [0.717, 1.165) is 25.5 Å². The van der Waals surface area contributed by atoms with Crippen molar-refractivity contribution in [3.05, 3.63) is 0 Å². The molecule has 2 N–H and O–H groups in total. The molecule has 2 atom stereocenters. The van der Waals surface area contributed by atoms with Gasteiger partial charge < -0.3 is 10.5 Å². The molecule has 0 fully saturated rings. The average molecular weight is 216 g/mol. The first kappa shape index (κ1) is 14.9. The Bertz CT molecular complexity index is 164. The fourth-order valence-electron chi connectivity index (χ4n) is 1.59. The number of nitrogens with two attached hydrogens (primary N) is 1. The highest BCUT2D eigenvalue weighted by Crippen LogP contribution is 2.18. The molecule has 3 nitrogen and oxygen atoms in total. The van der Waals surface area contributed by atoms with Crippen LogP contribution in [0.1, 0.15) is 33.6 Å². The first-order chi connectivity index (χ1) is 7.00. The smallest absolute Gasteiger partial charge is 0.0480 e. The Morgan fingerprint density at radius 2 is 2.07 bits per heavy atom. The van der Waals surface area contributed by atoms with Crippen LogP contribution in [0.3, 0.4) is 0 Å². The predicted molar refractivity (Wildman–Crippen MR) is 66.0 cm³/mol. The molecular formula is C12H28N2O. The van der Waals surface area contributed by atoms with E-state index in [1.807, 2.05) is 0 Å². The van der Waals surface area contributed by atoms with Gasteiger partial charge in [-0.15, -0.1) is 0 Å². The van der Waals surface area contributed by atoms with E-state index in [2.05, 4.69) is 32.7 Å². The monoisotopic (exact) mass is 216 g/mol.